The van der Waals surface area contributed by atoms with Crippen LogP contribution in [0.1, 0.15) is 41.1 Å². The minimum atomic E-state index is -0.387. The zero-order valence-corrected chi connectivity index (χ0v) is 17.8. The number of ether oxygens (including phenoxy) is 2. The smallest absolute Gasteiger partial charge is 0.341 e. The summed E-state index contributed by atoms with van der Waals surface area (Å²) in [5.41, 5.74) is 2.24. The Hall–Kier alpha value is -3.00. The molecule has 0 fully saturated rings. The summed E-state index contributed by atoms with van der Waals surface area (Å²) in [6.45, 7) is 4.04. The molecule has 1 aliphatic rings. The highest BCUT2D eigenvalue weighted by Crippen LogP contribution is 2.40. The van der Waals surface area contributed by atoms with Gasteiger partial charge in [-0.15, -0.1) is 11.3 Å². The summed E-state index contributed by atoms with van der Waals surface area (Å²) in [7, 11) is 0. The lowest BCUT2D eigenvalue weighted by molar-refractivity contribution is -0.118. The molecule has 0 unspecified atom stereocenters. The van der Waals surface area contributed by atoms with E-state index in [1.54, 1.807) is 6.92 Å². The van der Waals surface area contributed by atoms with E-state index in [0.717, 1.165) is 40.6 Å². The molecular formula is C22H23N3O4S. The summed E-state index contributed by atoms with van der Waals surface area (Å²) in [4.78, 5) is 34.6. The average Bonchev–Trinajstić information content (AvgIpc) is 3.09. The molecule has 0 aliphatic heterocycles. The third-order valence-electron chi connectivity index (χ3n) is 5.09. The molecule has 0 saturated heterocycles. The molecule has 1 N–H and O–H groups in total. The fourth-order valence-electron chi connectivity index (χ4n) is 3.65. The van der Waals surface area contributed by atoms with E-state index in [2.05, 4.69) is 22.2 Å². The van der Waals surface area contributed by atoms with Crippen molar-refractivity contribution >= 4 is 39.1 Å². The van der Waals surface area contributed by atoms with Crippen molar-refractivity contribution in [2.24, 2.45) is 5.92 Å². The fraction of sp³-hybridized carbons (Fsp3) is 0.364. The number of anilines is 1. The minimum Gasteiger partial charge on any atom is -0.467 e. The number of fused-ring (bicyclic) bond motifs is 2. The van der Waals surface area contributed by atoms with Crippen LogP contribution in [-0.2, 0) is 22.4 Å². The largest absolute Gasteiger partial charge is 0.467 e. The standard InChI is InChI=1S/C22H23N3O4S/c1-3-28-22(27)19-15-9-8-13(2)10-17(15)30-21(19)25-18(26)11-29-20-14-6-4-5-7-16(14)23-12-24-20/h4-7,12-13H,3,8-11H2,1-2H3,(H,25,26)/t13-/m1/s1. The number of rotatable bonds is 6. The number of nitrogens with one attached hydrogen (secondary N) is 1. The predicted molar refractivity (Wildman–Crippen MR) is 115 cm³/mol. The maximum atomic E-state index is 12.6. The molecule has 0 bridgehead atoms. The molecule has 30 heavy (non-hydrogen) atoms. The van der Waals surface area contributed by atoms with E-state index in [1.807, 2.05) is 24.3 Å². The van der Waals surface area contributed by atoms with Crippen LogP contribution in [0.3, 0.4) is 0 Å². The minimum absolute atomic E-state index is 0.220. The Morgan fingerprint density at radius 3 is 2.93 bits per heavy atom. The molecule has 156 valence electrons. The number of hydrogen-bond acceptors (Lipinski definition) is 7. The van der Waals surface area contributed by atoms with E-state index in [0.29, 0.717) is 22.4 Å². The van der Waals surface area contributed by atoms with E-state index in [9.17, 15) is 9.59 Å². The van der Waals surface area contributed by atoms with E-state index in [-0.39, 0.29) is 25.1 Å². The van der Waals surface area contributed by atoms with Gasteiger partial charge < -0.3 is 14.8 Å². The summed E-state index contributed by atoms with van der Waals surface area (Å²) >= 11 is 1.46. The number of aromatic nitrogens is 2. The Morgan fingerprint density at radius 1 is 1.27 bits per heavy atom. The Kier molecular flexibility index (Phi) is 5.94. The molecule has 1 amide bonds. The van der Waals surface area contributed by atoms with Crippen molar-refractivity contribution in [1.29, 1.82) is 0 Å². The summed E-state index contributed by atoms with van der Waals surface area (Å²) in [6.07, 6.45) is 4.16. The third kappa shape index (κ3) is 4.14. The van der Waals surface area contributed by atoms with Crippen molar-refractivity contribution in [2.45, 2.75) is 33.1 Å². The SMILES string of the molecule is CCOC(=O)c1c(NC(=O)COc2ncnc3ccccc23)sc2c1CC[C@@H](C)C2. The summed E-state index contributed by atoms with van der Waals surface area (Å²) in [5.74, 6) is 0.169. The molecule has 2 heterocycles. The van der Waals surface area contributed by atoms with Crippen LogP contribution >= 0.6 is 11.3 Å². The number of hydrogen-bond donors (Lipinski definition) is 1. The molecule has 1 atom stereocenters. The van der Waals surface area contributed by atoms with Gasteiger partial charge in [0.1, 0.15) is 11.3 Å². The Labute approximate surface area is 178 Å². The van der Waals surface area contributed by atoms with Crippen molar-refractivity contribution < 1.29 is 19.1 Å². The topological polar surface area (TPSA) is 90.4 Å². The van der Waals surface area contributed by atoms with Crippen LogP contribution in [0.4, 0.5) is 5.00 Å². The van der Waals surface area contributed by atoms with Crippen LogP contribution < -0.4 is 10.1 Å². The van der Waals surface area contributed by atoms with E-state index in [4.69, 9.17) is 9.47 Å². The zero-order chi connectivity index (χ0) is 21.1. The van der Waals surface area contributed by atoms with E-state index in [1.165, 1.54) is 17.7 Å². The van der Waals surface area contributed by atoms with Gasteiger partial charge in [0, 0.05) is 4.88 Å². The molecule has 1 aromatic carbocycles. The van der Waals surface area contributed by atoms with Crippen molar-refractivity contribution in [2.75, 3.05) is 18.5 Å². The molecule has 2 aromatic heterocycles. The number of carbonyl (C=O) groups is 2. The molecule has 0 spiro atoms. The summed E-state index contributed by atoms with van der Waals surface area (Å²) < 4.78 is 10.9. The van der Waals surface area contributed by atoms with E-state index >= 15 is 0 Å². The van der Waals surface area contributed by atoms with Gasteiger partial charge in [0.25, 0.3) is 5.91 Å². The Morgan fingerprint density at radius 2 is 2.10 bits per heavy atom. The molecule has 0 radical (unpaired) electrons. The molecular weight excluding hydrogens is 402 g/mol. The van der Waals surface area contributed by atoms with Crippen LogP contribution in [-0.4, -0.2) is 35.1 Å². The third-order valence-corrected chi connectivity index (χ3v) is 6.26. The maximum absolute atomic E-state index is 12.6. The van der Waals surface area contributed by atoms with Crippen LogP contribution in [0.25, 0.3) is 10.9 Å². The van der Waals surface area contributed by atoms with Gasteiger partial charge in [0.05, 0.1) is 23.1 Å². The normalized spacial score (nSPS) is 15.5. The number of benzene rings is 1. The predicted octanol–water partition coefficient (Wildman–Crippen LogP) is 4.01. The second kappa shape index (κ2) is 8.79. The molecule has 8 heteroatoms. The van der Waals surface area contributed by atoms with Gasteiger partial charge in [-0.2, -0.15) is 0 Å². The summed E-state index contributed by atoms with van der Waals surface area (Å²) in [6, 6.07) is 7.44. The molecule has 3 aromatic rings. The molecule has 0 saturated carbocycles. The second-order valence-electron chi connectivity index (χ2n) is 7.31. The van der Waals surface area contributed by atoms with Crippen molar-refractivity contribution in [3.8, 4) is 5.88 Å². The van der Waals surface area contributed by atoms with Crippen LogP contribution in [0.5, 0.6) is 5.88 Å². The van der Waals surface area contributed by atoms with Crippen molar-refractivity contribution in [1.82, 2.24) is 9.97 Å². The van der Waals surface area contributed by atoms with E-state index < -0.39 is 0 Å². The fourth-order valence-corrected chi connectivity index (χ4v) is 5.06. The average molecular weight is 426 g/mol. The van der Waals surface area contributed by atoms with Crippen LogP contribution in [0.2, 0.25) is 0 Å². The number of amides is 1. The summed E-state index contributed by atoms with van der Waals surface area (Å²) in [5, 5.41) is 4.12. The first-order valence-electron chi connectivity index (χ1n) is 10.0. The lowest BCUT2D eigenvalue weighted by Crippen LogP contribution is -2.22. The lowest BCUT2D eigenvalue weighted by atomic mass is 9.88. The highest BCUT2D eigenvalue weighted by atomic mass is 32.1. The van der Waals surface area contributed by atoms with Gasteiger partial charge in [0.2, 0.25) is 5.88 Å². The molecule has 7 nitrogen and oxygen atoms in total. The zero-order valence-electron chi connectivity index (χ0n) is 16.9. The molecule has 1 aliphatic carbocycles. The maximum Gasteiger partial charge on any atom is 0.341 e. The first-order chi connectivity index (χ1) is 14.6. The Balaban J connectivity index is 1.52. The van der Waals surface area contributed by atoms with Gasteiger partial charge in [-0.1, -0.05) is 19.1 Å². The number of esters is 1. The second-order valence-corrected chi connectivity index (χ2v) is 8.41. The van der Waals surface area contributed by atoms with Gasteiger partial charge in [-0.3, -0.25) is 4.79 Å². The van der Waals surface area contributed by atoms with Gasteiger partial charge >= 0.3 is 5.97 Å². The molecule has 4 rings (SSSR count). The van der Waals surface area contributed by atoms with Gasteiger partial charge in [-0.25, -0.2) is 14.8 Å². The first-order valence-corrected chi connectivity index (χ1v) is 10.8. The number of carbonyl (C=O) groups excluding carboxylic acids is 2. The first kappa shape index (κ1) is 20.3. The monoisotopic (exact) mass is 425 g/mol. The van der Waals surface area contributed by atoms with Crippen LogP contribution in [0, 0.1) is 5.92 Å². The number of nitrogens with zero attached hydrogens (tertiary/aromatic N) is 2. The van der Waals surface area contributed by atoms with Crippen LogP contribution in [0.15, 0.2) is 30.6 Å². The number of para-hydroxylation sites is 1. The van der Waals surface area contributed by atoms with Gasteiger partial charge in [0.15, 0.2) is 6.61 Å². The van der Waals surface area contributed by atoms with Gasteiger partial charge in [-0.05, 0) is 49.8 Å². The van der Waals surface area contributed by atoms with Crippen molar-refractivity contribution in [3.63, 3.8) is 0 Å². The van der Waals surface area contributed by atoms with Crippen molar-refractivity contribution in [3.05, 3.63) is 46.6 Å². The lowest BCUT2D eigenvalue weighted by Gasteiger charge is -2.18. The highest BCUT2D eigenvalue weighted by Gasteiger charge is 2.29. The quantitative estimate of drug-likeness (QED) is 0.600. The highest BCUT2D eigenvalue weighted by molar-refractivity contribution is 7.17. The number of thiophene rings is 1. The Bertz CT molecular complexity index is 1090.